The van der Waals surface area contributed by atoms with Crippen molar-refractivity contribution < 1.29 is 4.79 Å². The highest BCUT2D eigenvalue weighted by atomic mass is 35.5. The van der Waals surface area contributed by atoms with Gasteiger partial charge in [-0.15, -0.1) is 0 Å². The van der Waals surface area contributed by atoms with Gasteiger partial charge >= 0.3 is 0 Å². The van der Waals surface area contributed by atoms with Gasteiger partial charge in [0.15, 0.2) is 0 Å². The third-order valence-electron chi connectivity index (χ3n) is 5.24. The maximum Gasteiger partial charge on any atom is 0.254 e. The van der Waals surface area contributed by atoms with Crippen molar-refractivity contribution in [3.63, 3.8) is 0 Å². The molecule has 3 rings (SSSR count). The summed E-state index contributed by atoms with van der Waals surface area (Å²) < 4.78 is 0. The minimum atomic E-state index is -0.130. The SMILES string of the molecule is CC(C)(C)c1ccc(CN(CCc2ccc(Cl)c(Cl)c2)C(=O)c2cc(Cl)cc(Cl)c2)cc1. The predicted octanol–water partition coefficient (Wildman–Crippen LogP) is 8.48. The second kappa shape index (κ2) is 10.5. The van der Waals surface area contributed by atoms with E-state index in [1.54, 1.807) is 29.2 Å². The number of amides is 1. The van der Waals surface area contributed by atoms with Crippen LogP contribution < -0.4 is 0 Å². The Hall–Kier alpha value is -1.71. The van der Waals surface area contributed by atoms with Crippen molar-refractivity contribution in [3.05, 3.63) is 103 Å². The number of carbonyl (C=O) groups is 1. The quantitative estimate of drug-likeness (QED) is 0.326. The highest BCUT2D eigenvalue weighted by molar-refractivity contribution is 6.42. The van der Waals surface area contributed by atoms with E-state index in [2.05, 4.69) is 45.0 Å². The van der Waals surface area contributed by atoms with Crippen LogP contribution in [0.3, 0.4) is 0 Å². The largest absolute Gasteiger partial charge is 0.334 e. The van der Waals surface area contributed by atoms with Gasteiger partial charge in [0.25, 0.3) is 5.91 Å². The molecule has 0 N–H and O–H groups in total. The average molecular weight is 509 g/mol. The second-order valence-corrected chi connectivity index (χ2v) is 10.5. The standard InChI is InChI=1S/C26H25Cl4NO/c1-26(2,3)20-7-4-18(5-8-20)16-31(11-10-17-6-9-23(29)24(30)12-17)25(32)19-13-21(27)15-22(28)14-19/h4-9,12-15H,10-11,16H2,1-3H3. The topological polar surface area (TPSA) is 20.3 Å². The van der Waals surface area contributed by atoms with Gasteiger partial charge in [0.05, 0.1) is 10.0 Å². The van der Waals surface area contributed by atoms with Crippen molar-refractivity contribution in [2.75, 3.05) is 6.54 Å². The number of halogens is 4. The summed E-state index contributed by atoms with van der Waals surface area (Å²) in [6.07, 6.45) is 0.636. The number of nitrogens with zero attached hydrogens (tertiary/aromatic N) is 1. The molecule has 0 fully saturated rings. The molecule has 1 amide bonds. The van der Waals surface area contributed by atoms with E-state index >= 15 is 0 Å². The third-order valence-corrected chi connectivity index (χ3v) is 6.42. The summed E-state index contributed by atoms with van der Waals surface area (Å²) in [5.74, 6) is -0.130. The van der Waals surface area contributed by atoms with Crippen molar-refractivity contribution in [3.8, 4) is 0 Å². The number of benzene rings is 3. The van der Waals surface area contributed by atoms with Crippen LogP contribution in [0.2, 0.25) is 20.1 Å². The minimum Gasteiger partial charge on any atom is -0.334 e. The van der Waals surface area contributed by atoms with E-state index in [9.17, 15) is 4.79 Å². The Morgan fingerprint density at radius 2 is 1.38 bits per heavy atom. The Kier molecular flexibility index (Phi) is 8.16. The van der Waals surface area contributed by atoms with E-state index in [0.29, 0.717) is 45.2 Å². The van der Waals surface area contributed by atoms with Crippen LogP contribution in [0.1, 0.15) is 47.8 Å². The van der Waals surface area contributed by atoms with Gasteiger partial charge in [0.2, 0.25) is 0 Å². The normalized spacial score (nSPS) is 11.5. The summed E-state index contributed by atoms with van der Waals surface area (Å²) in [6, 6.07) is 18.8. The van der Waals surface area contributed by atoms with Crippen LogP contribution >= 0.6 is 46.4 Å². The van der Waals surface area contributed by atoms with E-state index in [-0.39, 0.29) is 11.3 Å². The lowest BCUT2D eigenvalue weighted by atomic mass is 9.87. The molecule has 0 saturated heterocycles. The summed E-state index contributed by atoms with van der Waals surface area (Å²) in [5, 5.41) is 1.87. The van der Waals surface area contributed by atoms with Gasteiger partial charge in [-0.05, 0) is 58.9 Å². The summed E-state index contributed by atoms with van der Waals surface area (Å²) >= 11 is 24.5. The molecule has 0 aliphatic rings. The molecular weight excluding hydrogens is 484 g/mol. The highest BCUT2D eigenvalue weighted by Gasteiger charge is 2.19. The van der Waals surface area contributed by atoms with Crippen molar-refractivity contribution in [2.24, 2.45) is 0 Å². The lowest BCUT2D eigenvalue weighted by molar-refractivity contribution is 0.0745. The molecule has 0 unspecified atom stereocenters. The lowest BCUT2D eigenvalue weighted by Gasteiger charge is -2.24. The molecular formula is C26H25Cl4NO. The van der Waals surface area contributed by atoms with Crippen LogP contribution in [-0.2, 0) is 18.4 Å². The first-order valence-corrected chi connectivity index (χ1v) is 11.8. The zero-order chi connectivity index (χ0) is 23.5. The van der Waals surface area contributed by atoms with E-state index < -0.39 is 0 Å². The van der Waals surface area contributed by atoms with Crippen LogP contribution in [0.15, 0.2) is 60.7 Å². The molecule has 3 aromatic carbocycles. The molecule has 0 aliphatic heterocycles. The molecule has 6 heteroatoms. The maximum absolute atomic E-state index is 13.4. The van der Waals surface area contributed by atoms with Gasteiger partial charge in [-0.2, -0.15) is 0 Å². The summed E-state index contributed by atoms with van der Waals surface area (Å²) in [6.45, 7) is 7.50. The van der Waals surface area contributed by atoms with Crippen molar-refractivity contribution in [1.29, 1.82) is 0 Å². The fourth-order valence-electron chi connectivity index (χ4n) is 3.40. The molecule has 0 spiro atoms. The zero-order valence-electron chi connectivity index (χ0n) is 18.3. The van der Waals surface area contributed by atoms with Crippen LogP contribution in [0, 0.1) is 0 Å². The Morgan fingerprint density at radius 1 is 0.781 bits per heavy atom. The van der Waals surface area contributed by atoms with E-state index in [0.717, 1.165) is 11.1 Å². The van der Waals surface area contributed by atoms with E-state index in [4.69, 9.17) is 46.4 Å². The smallest absolute Gasteiger partial charge is 0.254 e. The molecule has 0 atom stereocenters. The van der Waals surface area contributed by atoms with E-state index in [1.165, 1.54) is 5.56 Å². The van der Waals surface area contributed by atoms with Crippen LogP contribution in [0.25, 0.3) is 0 Å². The lowest BCUT2D eigenvalue weighted by Crippen LogP contribution is -2.32. The highest BCUT2D eigenvalue weighted by Crippen LogP contribution is 2.25. The zero-order valence-corrected chi connectivity index (χ0v) is 21.3. The van der Waals surface area contributed by atoms with Gasteiger partial charge in [0.1, 0.15) is 0 Å². The molecule has 0 saturated carbocycles. The van der Waals surface area contributed by atoms with Crippen molar-refractivity contribution >= 4 is 52.3 Å². The first-order chi connectivity index (χ1) is 15.0. The van der Waals surface area contributed by atoms with Crippen molar-refractivity contribution in [1.82, 2.24) is 4.90 Å². The number of rotatable bonds is 6. The Morgan fingerprint density at radius 3 is 1.94 bits per heavy atom. The average Bonchev–Trinajstić information content (AvgIpc) is 2.72. The molecule has 0 aromatic heterocycles. The van der Waals surface area contributed by atoms with Gasteiger partial charge in [-0.1, -0.05) is 97.5 Å². The second-order valence-electron chi connectivity index (χ2n) is 8.83. The number of hydrogen-bond acceptors (Lipinski definition) is 1. The molecule has 168 valence electrons. The van der Waals surface area contributed by atoms with Crippen LogP contribution in [0.5, 0.6) is 0 Å². The molecule has 32 heavy (non-hydrogen) atoms. The monoisotopic (exact) mass is 507 g/mol. The maximum atomic E-state index is 13.4. The Labute approximate surface area is 210 Å². The molecule has 0 bridgehead atoms. The van der Waals surface area contributed by atoms with Gasteiger partial charge in [0, 0.05) is 28.7 Å². The molecule has 0 aliphatic carbocycles. The summed E-state index contributed by atoms with van der Waals surface area (Å²) in [4.78, 5) is 15.2. The number of carbonyl (C=O) groups excluding carboxylic acids is 1. The predicted molar refractivity (Wildman–Crippen MR) is 137 cm³/mol. The molecule has 0 radical (unpaired) electrons. The summed E-state index contributed by atoms with van der Waals surface area (Å²) in [5.41, 5.74) is 3.83. The van der Waals surface area contributed by atoms with Crippen molar-refractivity contribution in [2.45, 2.75) is 39.2 Å². The fourth-order valence-corrected chi connectivity index (χ4v) is 4.25. The van der Waals surface area contributed by atoms with Crippen LogP contribution in [0.4, 0.5) is 0 Å². The van der Waals surface area contributed by atoms with Gasteiger partial charge in [-0.3, -0.25) is 4.79 Å². The molecule has 2 nitrogen and oxygen atoms in total. The summed E-state index contributed by atoms with van der Waals surface area (Å²) in [7, 11) is 0. The van der Waals surface area contributed by atoms with Gasteiger partial charge < -0.3 is 4.90 Å². The fraction of sp³-hybridized carbons (Fsp3) is 0.269. The molecule has 0 heterocycles. The first-order valence-electron chi connectivity index (χ1n) is 10.3. The Bertz CT molecular complexity index is 1080. The Balaban J connectivity index is 1.85. The number of hydrogen-bond donors (Lipinski definition) is 0. The van der Waals surface area contributed by atoms with Crippen LogP contribution in [-0.4, -0.2) is 17.4 Å². The van der Waals surface area contributed by atoms with Gasteiger partial charge in [-0.25, -0.2) is 0 Å². The molecule has 3 aromatic rings. The first kappa shape index (κ1) is 24.9. The minimum absolute atomic E-state index is 0.0689. The third kappa shape index (κ3) is 6.65. The van der Waals surface area contributed by atoms with E-state index in [1.807, 2.05) is 12.1 Å².